The summed E-state index contributed by atoms with van der Waals surface area (Å²) in [4.78, 5) is 1.52. The zero-order valence-electron chi connectivity index (χ0n) is 9.10. The second-order valence-corrected chi connectivity index (χ2v) is 2.59. The second kappa shape index (κ2) is 3.08. The summed E-state index contributed by atoms with van der Waals surface area (Å²) in [5.74, 6) is 0. The molecular weight excluding hydrogens is 98.1 g/mol. The molecule has 0 saturated carbocycles. The van der Waals surface area contributed by atoms with Crippen molar-refractivity contribution in [2.75, 3.05) is 6.98 Å². The molecule has 0 unspecified atom stereocenters. The highest BCUT2D eigenvalue weighted by Crippen LogP contribution is 1.98. The first-order valence-corrected chi connectivity index (χ1v) is 3.05. The Morgan fingerprint density at radius 1 is 1.12 bits per heavy atom. The highest BCUT2D eigenvalue weighted by Gasteiger charge is 2.04. The van der Waals surface area contributed by atoms with Crippen molar-refractivity contribution in [1.82, 2.24) is 4.90 Å². The highest BCUT2D eigenvalue weighted by molar-refractivity contribution is 4.60. The van der Waals surface area contributed by atoms with Gasteiger partial charge >= 0.3 is 0 Å². The lowest BCUT2D eigenvalue weighted by atomic mass is 10.3. The number of nitrogens with zero attached hydrogens (tertiary/aromatic N) is 1. The third-order valence-electron chi connectivity index (χ3n) is 1.11. The average molecular weight is 118 g/mol. The van der Waals surface area contributed by atoms with Crippen molar-refractivity contribution in [3.05, 3.63) is 0 Å². The van der Waals surface area contributed by atoms with E-state index in [1.807, 2.05) is 27.7 Å². The maximum absolute atomic E-state index is 7.21. The summed E-state index contributed by atoms with van der Waals surface area (Å²) in [7, 11) is 0. The van der Waals surface area contributed by atoms with Crippen molar-refractivity contribution in [3.63, 3.8) is 0 Å². The van der Waals surface area contributed by atoms with Gasteiger partial charge in [0.25, 0.3) is 0 Å². The van der Waals surface area contributed by atoms with Gasteiger partial charge in [-0.25, -0.2) is 0 Å². The van der Waals surface area contributed by atoms with Crippen LogP contribution in [0.25, 0.3) is 0 Å². The van der Waals surface area contributed by atoms with Crippen LogP contribution in [0.1, 0.15) is 31.8 Å². The van der Waals surface area contributed by atoms with E-state index in [9.17, 15) is 0 Å². The molecule has 1 nitrogen and oxygen atoms in total. The Morgan fingerprint density at radius 3 is 1.50 bits per heavy atom. The molecule has 8 heavy (non-hydrogen) atoms. The molecular formula is C7H17N. The van der Waals surface area contributed by atoms with E-state index in [0.717, 1.165) is 0 Å². The summed E-state index contributed by atoms with van der Waals surface area (Å²) in [6, 6.07) is 0.144. The van der Waals surface area contributed by atoms with Crippen molar-refractivity contribution in [2.24, 2.45) is 0 Å². The zero-order valence-corrected chi connectivity index (χ0v) is 6.10. The molecule has 0 aliphatic carbocycles. The molecule has 0 aromatic rings. The van der Waals surface area contributed by atoms with Crippen molar-refractivity contribution >= 4 is 0 Å². The minimum atomic E-state index is -1.96. The topological polar surface area (TPSA) is 3.24 Å². The van der Waals surface area contributed by atoms with Gasteiger partial charge in [-0.05, 0) is 34.7 Å². The van der Waals surface area contributed by atoms with E-state index in [-0.39, 0.29) is 12.1 Å². The molecule has 0 spiro atoms. The monoisotopic (exact) mass is 118 g/mol. The SMILES string of the molecule is [2H]C([2H])([2H])N(C(C)C)C(C)C. The minimum Gasteiger partial charge on any atom is -0.302 e. The number of hydrogen-bond acceptors (Lipinski definition) is 1. The normalized spacial score (nSPS) is 19.1. The molecule has 0 atom stereocenters. The maximum Gasteiger partial charge on any atom is 0.0394 e. The van der Waals surface area contributed by atoms with Gasteiger partial charge < -0.3 is 4.90 Å². The molecule has 0 amide bonds. The van der Waals surface area contributed by atoms with Crippen molar-refractivity contribution in [1.29, 1.82) is 0 Å². The third-order valence-corrected chi connectivity index (χ3v) is 1.11. The smallest absolute Gasteiger partial charge is 0.0394 e. The van der Waals surface area contributed by atoms with Gasteiger partial charge in [-0.1, -0.05) is 0 Å². The van der Waals surface area contributed by atoms with Crippen LogP contribution in [-0.2, 0) is 0 Å². The molecule has 0 aliphatic heterocycles. The highest BCUT2D eigenvalue weighted by atomic mass is 15.1. The zero-order chi connectivity index (χ0) is 9.23. The summed E-state index contributed by atoms with van der Waals surface area (Å²) in [5.41, 5.74) is 0. The predicted molar refractivity (Wildman–Crippen MR) is 38.0 cm³/mol. The lowest BCUT2D eigenvalue weighted by molar-refractivity contribution is 0.222. The molecule has 50 valence electrons. The van der Waals surface area contributed by atoms with Crippen molar-refractivity contribution in [3.8, 4) is 0 Å². The largest absolute Gasteiger partial charge is 0.302 e. The first kappa shape index (κ1) is 3.89. The summed E-state index contributed by atoms with van der Waals surface area (Å²) in [6.07, 6.45) is 0. The first-order valence-electron chi connectivity index (χ1n) is 4.55. The molecule has 0 saturated heterocycles. The van der Waals surface area contributed by atoms with E-state index in [1.54, 1.807) is 0 Å². The van der Waals surface area contributed by atoms with Gasteiger partial charge in [0.05, 0.1) is 0 Å². The Labute approximate surface area is 56.9 Å². The summed E-state index contributed by atoms with van der Waals surface area (Å²) in [5, 5.41) is 0. The standard InChI is InChI=1S/C7H17N/c1-6(2)8(5)7(3)4/h6-7H,1-5H3/i5D3. The minimum absolute atomic E-state index is 0.0718. The fourth-order valence-electron chi connectivity index (χ4n) is 0.596. The lowest BCUT2D eigenvalue weighted by Gasteiger charge is -2.24. The van der Waals surface area contributed by atoms with Crippen molar-refractivity contribution < 1.29 is 4.11 Å². The molecule has 0 heterocycles. The molecule has 0 aliphatic rings. The van der Waals surface area contributed by atoms with Gasteiger partial charge in [-0.15, -0.1) is 0 Å². The summed E-state index contributed by atoms with van der Waals surface area (Å²) < 4.78 is 21.6. The van der Waals surface area contributed by atoms with Crippen LogP contribution >= 0.6 is 0 Å². The van der Waals surface area contributed by atoms with Crippen LogP contribution in [0.2, 0.25) is 0 Å². The predicted octanol–water partition coefficient (Wildman–Crippen LogP) is 1.74. The van der Waals surface area contributed by atoms with Crippen LogP contribution in [0.3, 0.4) is 0 Å². The molecule has 0 fully saturated rings. The van der Waals surface area contributed by atoms with Gasteiger partial charge in [0.1, 0.15) is 0 Å². The average Bonchev–Trinajstić information content (AvgIpc) is 1.54. The Kier molecular flexibility index (Phi) is 1.50. The van der Waals surface area contributed by atoms with Crippen LogP contribution in [0.5, 0.6) is 0 Å². The van der Waals surface area contributed by atoms with E-state index in [4.69, 9.17) is 4.11 Å². The first-order chi connectivity index (χ1) is 4.76. The lowest BCUT2D eigenvalue weighted by Crippen LogP contribution is -2.32. The molecule has 0 bridgehead atoms. The van der Waals surface area contributed by atoms with E-state index in [1.165, 1.54) is 4.90 Å². The van der Waals surface area contributed by atoms with Crippen LogP contribution in [0.4, 0.5) is 0 Å². The molecule has 0 aromatic carbocycles. The fourth-order valence-corrected chi connectivity index (χ4v) is 0.596. The van der Waals surface area contributed by atoms with E-state index in [2.05, 4.69) is 0 Å². The van der Waals surface area contributed by atoms with Crippen molar-refractivity contribution in [2.45, 2.75) is 39.8 Å². The summed E-state index contributed by atoms with van der Waals surface area (Å²) in [6.45, 7) is 5.62. The molecule has 0 aromatic heterocycles. The summed E-state index contributed by atoms with van der Waals surface area (Å²) >= 11 is 0. The third kappa shape index (κ3) is 2.31. The van der Waals surface area contributed by atoms with Gasteiger partial charge in [0, 0.05) is 16.2 Å². The Balaban J connectivity index is 4.35. The molecule has 1 heteroatoms. The van der Waals surface area contributed by atoms with Crippen LogP contribution in [-0.4, -0.2) is 24.0 Å². The number of rotatable bonds is 2. The molecule has 0 N–H and O–H groups in total. The maximum atomic E-state index is 7.21. The molecule has 0 rings (SSSR count). The quantitative estimate of drug-likeness (QED) is 0.534. The van der Waals surface area contributed by atoms with Crippen LogP contribution < -0.4 is 0 Å². The van der Waals surface area contributed by atoms with E-state index < -0.39 is 6.98 Å². The van der Waals surface area contributed by atoms with Crippen LogP contribution in [0, 0.1) is 0 Å². The van der Waals surface area contributed by atoms with Gasteiger partial charge in [0.15, 0.2) is 0 Å². The van der Waals surface area contributed by atoms with Crippen LogP contribution in [0.15, 0.2) is 0 Å². The fraction of sp³-hybridized carbons (Fsp3) is 1.00. The second-order valence-electron chi connectivity index (χ2n) is 2.59. The van der Waals surface area contributed by atoms with Gasteiger partial charge in [-0.3, -0.25) is 0 Å². The number of hydrogen-bond donors (Lipinski definition) is 0. The Hall–Kier alpha value is -0.0400. The van der Waals surface area contributed by atoms with Gasteiger partial charge in [0.2, 0.25) is 0 Å². The van der Waals surface area contributed by atoms with E-state index in [0.29, 0.717) is 0 Å². The Bertz CT molecular complexity index is 109. The van der Waals surface area contributed by atoms with Gasteiger partial charge in [-0.2, -0.15) is 0 Å². The molecule has 0 radical (unpaired) electrons. The van der Waals surface area contributed by atoms with E-state index >= 15 is 0 Å². The Morgan fingerprint density at radius 2 is 1.50 bits per heavy atom.